The molecule has 2 aromatic carbocycles. The minimum atomic E-state index is -4.40. The Morgan fingerprint density at radius 1 is 0.964 bits per heavy atom. The number of nitrogens with one attached hydrogen (secondary N) is 2. The van der Waals surface area contributed by atoms with E-state index in [1.165, 1.54) is 25.4 Å². The molecule has 28 heavy (non-hydrogen) atoms. The second-order valence-electron chi connectivity index (χ2n) is 5.56. The lowest BCUT2D eigenvalue weighted by Gasteiger charge is -2.09. The van der Waals surface area contributed by atoms with Crippen molar-refractivity contribution in [3.05, 3.63) is 65.9 Å². The maximum atomic E-state index is 12.6. The Hall–Kier alpha value is -3.69. The normalized spacial score (nSPS) is 11.0. The first kappa shape index (κ1) is 19.1. The van der Waals surface area contributed by atoms with Crippen LogP contribution in [-0.4, -0.2) is 28.3 Å². The summed E-state index contributed by atoms with van der Waals surface area (Å²) in [6.07, 6.45) is -3.02. The molecule has 0 aliphatic heterocycles. The number of esters is 1. The fourth-order valence-corrected chi connectivity index (χ4v) is 2.24. The zero-order chi connectivity index (χ0) is 20.1. The maximum absolute atomic E-state index is 12.6. The molecule has 0 saturated heterocycles. The minimum Gasteiger partial charge on any atom is -0.465 e. The second kappa shape index (κ2) is 7.91. The van der Waals surface area contributed by atoms with Crippen LogP contribution in [0, 0.1) is 0 Å². The molecule has 0 aliphatic rings. The lowest BCUT2D eigenvalue weighted by Crippen LogP contribution is -2.05. The molecule has 0 amide bonds. The average molecular weight is 389 g/mol. The van der Waals surface area contributed by atoms with Crippen molar-refractivity contribution in [2.45, 2.75) is 6.18 Å². The van der Waals surface area contributed by atoms with Crippen LogP contribution in [0.3, 0.4) is 0 Å². The number of alkyl halides is 3. The fraction of sp³-hybridized carbons (Fsp3) is 0.111. The van der Waals surface area contributed by atoms with Gasteiger partial charge in [-0.25, -0.2) is 4.79 Å². The van der Waals surface area contributed by atoms with Crippen molar-refractivity contribution in [2.24, 2.45) is 0 Å². The topological polar surface area (TPSA) is 89.0 Å². The molecule has 10 heteroatoms. The van der Waals surface area contributed by atoms with Crippen LogP contribution < -0.4 is 10.6 Å². The predicted octanol–water partition coefficient (Wildman–Crippen LogP) is 4.16. The third-order valence-electron chi connectivity index (χ3n) is 3.61. The summed E-state index contributed by atoms with van der Waals surface area (Å²) in [6.45, 7) is 0. The van der Waals surface area contributed by atoms with Gasteiger partial charge in [-0.15, -0.1) is 5.10 Å². The molecule has 144 valence electrons. The summed E-state index contributed by atoms with van der Waals surface area (Å²) >= 11 is 0. The van der Waals surface area contributed by atoms with E-state index in [1.807, 2.05) is 0 Å². The molecule has 0 spiro atoms. The van der Waals surface area contributed by atoms with Crippen molar-refractivity contribution in [3.8, 4) is 0 Å². The van der Waals surface area contributed by atoms with Gasteiger partial charge in [0.05, 0.1) is 24.4 Å². The third-order valence-corrected chi connectivity index (χ3v) is 3.61. The van der Waals surface area contributed by atoms with Crippen LogP contribution in [0.2, 0.25) is 0 Å². The third kappa shape index (κ3) is 4.72. The van der Waals surface area contributed by atoms with Crippen molar-refractivity contribution in [2.75, 3.05) is 17.7 Å². The number of anilines is 4. The molecule has 2 N–H and O–H groups in total. The zero-order valence-corrected chi connectivity index (χ0v) is 14.5. The number of ether oxygens (including phenoxy) is 1. The molecule has 1 heterocycles. The molecule has 0 radical (unpaired) electrons. The average Bonchev–Trinajstić information content (AvgIpc) is 2.68. The molecule has 0 saturated carbocycles. The highest BCUT2D eigenvalue weighted by atomic mass is 19.4. The van der Waals surface area contributed by atoms with Crippen LogP contribution in [0.4, 0.5) is 36.3 Å². The van der Waals surface area contributed by atoms with Gasteiger partial charge < -0.3 is 15.4 Å². The Bertz CT molecular complexity index is 960. The number of benzene rings is 2. The van der Waals surface area contributed by atoms with Gasteiger partial charge in [0, 0.05) is 11.4 Å². The summed E-state index contributed by atoms with van der Waals surface area (Å²) in [5, 5.41) is 13.4. The molecule has 0 bridgehead atoms. The Balaban J connectivity index is 1.69. The van der Waals surface area contributed by atoms with Gasteiger partial charge in [-0.3, -0.25) is 0 Å². The van der Waals surface area contributed by atoms with Crippen molar-refractivity contribution in [1.82, 2.24) is 15.2 Å². The standard InChI is InChI=1S/C18H14F3N5O2/c1-28-16(27)11-2-6-13(7-3-11)23-15-10-22-26-17(25-15)24-14-8-4-12(5-9-14)18(19,20)21/h2-10H,1H3,(H2,23,24,25,26). The second-order valence-corrected chi connectivity index (χ2v) is 5.56. The number of rotatable bonds is 5. The van der Waals surface area contributed by atoms with E-state index in [2.05, 4.69) is 30.6 Å². The van der Waals surface area contributed by atoms with Gasteiger partial charge in [-0.05, 0) is 48.5 Å². The minimum absolute atomic E-state index is 0.107. The van der Waals surface area contributed by atoms with Crippen LogP contribution in [0.25, 0.3) is 0 Å². The Morgan fingerprint density at radius 2 is 1.57 bits per heavy atom. The number of hydrogen-bond acceptors (Lipinski definition) is 7. The molecule has 7 nitrogen and oxygen atoms in total. The van der Waals surface area contributed by atoms with Gasteiger partial charge in [0.15, 0.2) is 5.82 Å². The first-order valence-corrected chi connectivity index (χ1v) is 7.94. The van der Waals surface area contributed by atoms with Crippen LogP contribution >= 0.6 is 0 Å². The quantitative estimate of drug-likeness (QED) is 0.633. The van der Waals surface area contributed by atoms with Crippen molar-refractivity contribution >= 4 is 29.1 Å². The number of halogens is 3. The van der Waals surface area contributed by atoms with E-state index in [0.29, 0.717) is 22.8 Å². The lowest BCUT2D eigenvalue weighted by atomic mass is 10.2. The number of carbonyl (C=O) groups excluding carboxylic acids is 1. The molecule has 1 aromatic heterocycles. The van der Waals surface area contributed by atoms with E-state index >= 15 is 0 Å². The van der Waals surface area contributed by atoms with Crippen molar-refractivity contribution < 1.29 is 22.7 Å². The summed E-state index contributed by atoms with van der Waals surface area (Å²) < 4.78 is 42.5. The summed E-state index contributed by atoms with van der Waals surface area (Å²) in [5.41, 5.74) is 0.685. The Kier molecular flexibility index (Phi) is 5.39. The van der Waals surface area contributed by atoms with Crippen molar-refractivity contribution in [1.29, 1.82) is 0 Å². The first-order chi connectivity index (χ1) is 13.3. The smallest absolute Gasteiger partial charge is 0.416 e. The molecule has 0 unspecified atom stereocenters. The summed E-state index contributed by atoms with van der Waals surface area (Å²) in [6, 6.07) is 11.0. The maximum Gasteiger partial charge on any atom is 0.416 e. The van der Waals surface area contributed by atoms with E-state index in [4.69, 9.17) is 0 Å². The lowest BCUT2D eigenvalue weighted by molar-refractivity contribution is -0.137. The SMILES string of the molecule is COC(=O)c1ccc(Nc2cnnc(Nc3ccc(C(F)(F)F)cc3)n2)cc1. The number of carbonyl (C=O) groups is 1. The monoisotopic (exact) mass is 389 g/mol. The highest BCUT2D eigenvalue weighted by Gasteiger charge is 2.29. The summed E-state index contributed by atoms with van der Waals surface area (Å²) in [5.74, 6) is 0.0180. The van der Waals surface area contributed by atoms with E-state index in [9.17, 15) is 18.0 Å². The van der Waals surface area contributed by atoms with Gasteiger partial charge in [0.2, 0.25) is 5.95 Å². The van der Waals surface area contributed by atoms with Crippen molar-refractivity contribution in [3.63, 3.8) is 0 Å². The molecule has 0 aliphatic carbocycles. The van der Waals surface area contributed by atoms with Crippen LogP contribution in [0.5, 0.6) is 0 Å². The molecule has 0 fully saturated rings. The first-order valence-electron chi connectivity index (χ1n) is 7.94. The van der Waals surface area contributed by atoms with E-state index in [0.717, 1.165) is 12.1 Å². The van der Waals surface area contributed by atoms with Crippen LogP contribution in [0.1, 0.15) is 15.9 Å². The van der Waals surface area contributed by atoms with Gasteiger partial charge >= 0.3 is 12.1 Å². The van der Waals surface area contributed by atoms with E-state index < -0.39 is 17.7 Å². The number of methoxy groups -OCH3 is 1. The van der Waals surface area contributed by atoms with Gasteiger partial charge in [-0.2, -0.15) is 23.3 Å². The van der Waals surface area contributed by atoms with E-state index in [1.54, 1.807) is 24.3 Å². The largest absolute Gasteiger partial charge is 0.465 e. The number of hydrogen-bond donors (Lipinski definition) is 2. The van der Waals surface area contributed by atoms with Gasteiger partial charge in [0.25, 0.3) is 0 Å². The highest BCUT2D eigenvalue weighted by molar-refractivity contribution is 5.89. The summed E-state index contributed by atoms with van der Waals surface area (Å²) in [4.78, 5) is 15.6. The molecule has 3 aromatic rings. The van der Waals surface area contributed by atoms with Gasteiger partial charge in [0.1, 0.15) is 0 Å². The molecule has 3 rings (SSSR count). The summed E-state index contributed by atoms with van der Waals surface area (Å²) in [7, 11) is 1.30. The van der Waals surface area contributed by atoms with Crippen LogP contribution in [-0.2, 0) is 10.9 Å². The van der Waals surface area contributed by atoms with Crippen LogP contribution in [0.15, 0.2) is 54.7 Å². The van der Waals surface area contributed by atoms with Gasteiger partial charge in [-0.1, -0.05) is 0 Å². The van der Waals surface area contributed by atoms with E-state index in [-0.39, 0.29) is 5.95 Å². The molecular formula is C18H14F3N5O2. The highest BCUT2D eigenvalue weighted by Crippen LogP contribution is 2.30. The Labute approximate surface area is 157 Å². The Morgan fingerprint density at radius 3 is 2.18 bits per heavy atom. The predicted molar refractivity (Wildman–Crippen MR) is 95.6 cm³/mol. The molecular weight excluding hydrogens is 375 g/mol. The number of aromatic nitrogens is 3. The zero-order valence-electron chi connectivity index (χ0n) is 14.5. The number of nitrogens with zero attached hydrogens (tertiary/aromatic N) is 3. The molecule has 0 atom stereocenters. The fourth-order valence-electron chi connectivity index (χ4n) is 2.24.